The van der Waals surface area contributed by atoms with E-state index in [0.29, 0.717) is 17.4 Å². The van der Waals surface area contributed by atoms with Crippen LogP contribution >= 0.6 is 0 Å². The summed E-state index contributed by atoms with van der Waals surface area (Å²) in [6.45, 7) is 3.47. The van der Waals surface area contributed by atoms with Gasteiger partial charge in [-0.3, -0.25) is 4.90 Å². The zero-order chi connectivity index (χ0) is 15.8. The minimum absolute atomic E-state index is 0.199. The number of halogens is 1. The van der Waals surface area contributed by atoms with Gasteiger partial charge in [0.15, 0.2) is 0 Å². The lowest BCUT2D eigenvalue weighted by atomic mass is 9.86. The number of hydrogen-bond acceptors (Lipinski definition) is 3. The van der Waals surface area contributed by atoms with E-state index in [9.17, 15) is 4.39 Å². The SMILES string of the molecule is N#Cc1ccc2c(c1)C1CN(Cc3ccc(F)cc3)CC1CO2. The highest BCUT2D eigenvalue weighted by atomic mass is 19.1. The average molecular weight is 308 g/mol. The minimum Gasteiger partial charge on any atom is -0.493 e. The van der Waals surface area contributed by atoms with Crippen molar-refractivity contribution in [1.82, 2.24) is 4.90 Å². The Morgan fingerprint density at radius 3 is 2.78 bits per heavy atom. The maximum Gasteiger partial charge on any atom is 0.123 e. The Kier molecular flexibility index (Phi) is 3.51. The fourth-order valence-electron chi connectivity index (χ4n) is 3.69. The van der Waals surface area contributed by atoms with Crippen LogP contribution in [0.3, 0.4) is 0 Å². The average Bonchev–Trinajstić information content (AvgIpc) is 2.99. The fraction of sp³-hybridized carbons (Fsp3) is 0.316. The molecule has 0 aromatic heterocycles. The minimum atomic E-state index is -0.199. The van der Waals surface area contributed by atoms with Gasteiger partial charge in [-0.05, 0) is 35.9 Å². The van der Waals surface area contributed by atoms with Gasteiger partial charge >= 0.3 is 0 Å². The first kappa shape index (κ1) is 14.2. The van der Waals surface area contributed by atoms with Crippen LogP contribution in [0.25, 0.3) is 0 Å². The van der Waals surface area contributed by atoms with Crippen molar-refractivity contribution in [2.45, 2.75) is 12.5 Å². The third kappa shape index (κ3) is 2.69. The molecular formula is C19H17FN2O. The van der Waals surface area contributed by atoms with Crippen molar-refractivity contribution in [3.8, 4) is 11.8 Å². The van der Waals surface area contributed by atoms with Crippen LogP contribution in [0.2, 0.25) is 0 Å². The topological polar surface area (TPSA) is 36.3 Å². The molecule has 1 saturated heterocycles. The lowest BCUT2D eigenvalue weighted by Gasteiger charge is -2.27. The molecule has 0 N–H and O–H groups in total. The molecule has 2 aromatic carbocycles. The molecule has 4 heteroatoms. The van der Waals surface area contributed by atoms with Crippen LogP contribution in [-0.4, -0.2) is 24.6 Å². The van der Waals surface area contributed by atoms with Crippen molar-refractivity contribution < 1.29 is 9.13 Å². The third-order valence-corrected chi connectivity index (χ3v) is 4.83. The normalized spacial score (nSPS) is 22.8. The Bertz CT molecular complexity index is 766. The van der Waals surface area contributed by atoms with E-state index in [2.05, 4.69) is 11.0 Å². The predicted octanol–water partition coefficient (Wildman–Crippen LogP) is 3.31. The number of hydrogen-bond donors (Lipinski definition) is 0. The van der Waals surface area contributed by atoms with Gasteiger partial charge < -0.3 is 4.74 Å². The Hall–Kier alpha value is -2.38. The van der Waals surface area contributed by atoms with Crippen molar-refractivity contribution in [3.05, 3.63) is 65.0 Å². The molecule has 4 rings (SSSR count). The van der Waals surface area contributed by atoms with Crippen molar-refractivity contribution >= 4 is 0 Å². The zero-order valence-electron chi connectivity index (χ0n) is 12.7. The van der Waals surface area contributed by atoms with Gasteiger partial charge in [0.25, 0.3) is 0 Å². The molecule has 2 heterocycles. The van der Waals surface area contributed by atoms with Gasteiger partial charge in [-0.2, -0.15) is 5.26 Å². The number of benzene rings is 2. The van der Waals surface area contributed by atoms with Crippen LogP contribution in [0.1, 0.15) is 22.6 Å². The summed E-state index contributed by atoms with van der Waals surface area (Å²) in [5, 5.41) is 9.12. The molecule has 0 aliphatic carbocycles. The van der Waals surface area contributed by atoms with Crippen molar-refractivity contribution in [2.75, 3.05) is 19.7 Å². The molecule has 0 bridgehead atoms. The van der Waals surface area contributed by atoms with E-state index in [1.54, 1.807) is 0 Å². The van der Waals surface area contributed by atoms with Crippen LogP contribution in [0.4, 0.5) is 4.39 Å². The monoisotopic (exact) mass is 308 g/mol. The van der Waals surface area contributed by atoms with E-state index in [1.807, 2.05) is 30.3 Å². The fourth-order valence-corrected chi connectivity index (χ4v) is 3.69. The van der Waals surface area contributed by atoms with E-state index >= 15 is 0 Å². The van der Waals surface area contributed by atoms with Gasteiger partial charge in [-0.25, -0.2) is 4.39 Å². The first-order valence-electron chi connectivity index (χ1n) is 7.86. The predicted molar refractivity (Wildman–Crippen MR) is 84.6 cm³/mol. The lowest BCUT2D eigenvalue weighted by Crippen LogP contribution is -2.25. The van der Waals surface area contributed by atoms with E-state index < -0.39 is 0 Å². The number of nitriles is 1. The molecule has 2 aliphatic heterocycles. The summed E-state index contributed by atoms with van der Waals surface area (Å²) in [6.07, 6.45) is 0. The van der Waals surface area contributed by atoms with Gasteiger partial charge in [0.05, 0.1) is 18.2 Å². The molecule has 1 fully saturated rings. The van der Waals surface area contributed by atoms with Gasteiger partial charge in [0.1, 0.15) is 11.6 Å². The summed E-state index contributed by atoms with van der Waals surface area (Å²) in [7, 11) is 0. The second-order valence-electron chi connectivity index (χ2n) is 6.36. The highest BCUT2D eigenvalue weighted by Gasteiger charge is 2.38. The van der Waals surface area contributed by atoms with Gasteiger partial charge in [-0.1, -0.05) is 12.1 Å². The van der Waals surface area contributed by atoms with E-state index in [0.717, 1.165) is 43.1 Å². The molecule has 116 valence electrons. The van der Waals surface area contributed by atoms with E-state index in [1.165, 1.54) is 12.1 Å². The molecule has 2 atom stereocenters. The van der Waals surface area contributed by atoms with Gasteiger partial charge in [-0.15, -0.1) is 0 Å². The second kappa shape index (κ2) is 5.68. The van der Waals surface area contributed by atoms with Crippen LogP contribution in [-0.2, 0) is 6.54 Å². The van der Waals surface area contributed by atoms with Gasteiger partial charge in [0.2, 0.25) is 0 Å². The summed E-state index contributed by atoms with van der Waals surface area (Å²) in [5.74, 6) is 1.58. The van der Waals surface area contributed by atoms with Crippen LogP contribution in [0.5, 0.6) is 5.75 Å². The lowest BCUT2D eigenvalue weighted by molar-refractivity contribution is 0.212. The number of ether oxygens (including phenoxy) is 1. The Balaban J connectivity index is 1.54. The number of nitrogens with zero attached hydrogens (tertiary/aromatic N) is 2. The molecule has 2 aliphatic rings. The standard InChI is InChI=1S/C19H17FN2O/c20-16-4-1-13(2-5-16)9-22-10-15-12-23-19-6-3-14(8-21)7-17(19)18(15)11-22/h1-7,15,18H,9-12H2. The Labute approximate surface area is 134 Å². The van der Waals surface area contributed by atoms with E-state index in [-0.39, 0.29) is 5.82 Å². The quantitative estimate of drug-likeness (QED) is 0.854. The van der Waals surface area contributed by atoms with Crippen molar-refractivity contribution in [3.63, 3.8) is 0 Å². The molecular weight excluding hydrogens is 291 g/mol. The van der Waals surface area contributed by atoms with E-state index in [4.69, 9.17) is 10.00 Å². The highest BCUT2D eigenvalue weighted by Crippen LogP contribution is 2.42. The molecule has 2 unspecified atom stereocenters. The molecule has 0 spiro atoms. The molecule has 3 nitrogen and oxygen atoms in total. The van der Waals surface area contributed by atoms with Gasteiger partial charge in [0, 0.05) is 37.0 Å². The second-order valence-corrected chi connectivity index (χ2v) is 6.36. The molecule has 2 aromatic rings. The molecule has 0 saturated carbocycles. The van der Waals surface area contributed by atoms with Crippen LogP contribution in [0.15, 0.2) is 42.5 Å². The smallest absolute Gasteiger partial charge is 0.123 e. The molecule has 0 radical (unpaired) electrons. The van der Waals surface area contributed by atoms with Crippen LogP contribution in [0, 0.1) is 23.1 Å². The highest BCUT2D eigenvalue weighted by molar-refractivity contribution is 5.46. The number of fused-ring (bicyclic) bond motifs is 3. The van der Waals surface area contributed by atoms with Crippen LogP contribution < -0.4 is 4.74 Å². The summed E-state index contributed by atoms with van der Waals surface area (Å²) < 4.78 is 18.9. The molecule has 0 amide bonds. The maximum atomic E-state index is 13.0. The van der Waals surface area contributed by atoms with Crippen molar-refractivity contribution in [2.24, 2.45) is 5.92 Å². The summed E-state index contributed by atoms with van der Waals surface area (Å²) in [5.41, 5.74) is 2.96. The largest absolute Gasteiger partial charge is 0.493 e. The Morgan fingerprint density at radius 2 is 2.00 bits per heavy atom. The third-order valence-electron chi connectivity index (χ3n) is 4.83. The molecule has 23 heavy (non-hydrogen) atoms. The zero-order valence-corrected chi connectivity index (χ0v) is 12.7. The number of rotatable bonds is 2. The van der Waals surface area contributed by atoms with Crippen molar-refractivity contribution in [1.29, 1.82) is 5.26 Å². The number of likely N-dealkylation sites (tertiary alicyclic amines) is 1. The first-order chi connectivity index (χ1) is 11.2. The Morgan fingerprint density at radius 1 is 1.17 bits per heavy atom. The maximum absolute atomic E-state index is 13.0. The first-order valence-corrected chi connectivity index (χ1v) is 7.86. The summed E-state index contributed by atoms with van der Waals surface area (Å²) in [4.78, 5) is 2.39. The summed E-state index contributed by atoms with van der Waals surface area (Å²) in [6, 6.07) is 14.6. The summed E-state index contributed by atoms with van der Waals surface area (Å²) >= 11 is 0.